The van der Waals surface area contributed by atoms with Crippen LogP contribution in [0.2, 0.25) is 0 Å². The van der Waals surface area contributed by atoms with E-state index in [1.807, 2.05) is 0 Å². The van der Waals surface area contributed by atoms with Crippen LogP contribution in [0.1, 0.15) is 101 Å². The van der Waals surface area contributed by atoms with Gasteiger partial charge in [-0.25, -0.2) is 4.39 Å². The molecule has 1 amide bonds. The quantitative estimate of drug-likeness (QED) is 0.247. The van der Waals surface area contributed by atoms with Crippen LogP contribution in [-0.4, -0.2) is 25.0 Å². The molecule has 0 aromatic heterocycles. The molecule has 1 aromatic rings. The van der Waals surface area contributed by atoms with Crippen LogP contribution in [0.3, 0.4) is 0 Å². The van der Waals surface area contributed by atoms with Gasteiger partial charge in [-0.05, 0) is 24.6 Å². The van der Waals surface area contributed by atoms with E-state index in [4.69, 9.17) is 4.74 Å². The summed E-state index contributed by atoms with van der Waals surface area (Å²) in [6.45, 7) is 2.87. The lowest BCUT2D eigenvalue weighted by atomic mass is 10.1. The maximum absolute atomic E-state index is 13.1. The molecule has 0 fully saturated rings. The Morgan fingerprint density at radius 2 is 1.48 bits per heavy atom. The molecule has 1 rings (SSSR count). The Morgan fingerprint density at radius 1 is 0.897 bits per heavy atom. The summed E-state index contributed by atoms with van der Waals surface area (Å²) >= 11 is 0. The van der Waals surface area contributed by atoms with Crippen LogP contribution < -0.4 is 5.32 Å². The normalized spacial score (nSPS) is 10.7. The fourth-order valence-electron chi connectivity index (χ4n) is 3.21. The molecule has 0 atom stereocenters. The van der Waals surface area contributed by atoms with E-state index in [-0.39, 0.29) is 24.5 Å². The number of esters is 1. The van der Waals surface area contributed by atoms with E-state index in [0.717, 1.165) is 12.8 Å². The Bertz CT molecular complexity index is 577. The van der Waals surface area contributed by atoms with Crippen LogP contribution in [0, 0.1) is 5.82 Å². The maximum atomic E-state index is 13.1. The number of hydrogen-bond donors (Lipinski definition) is 1. The highest BCUT2D eigenvalue weighted by atomic mass is 19.1. The van der Waals surface area contributed by atoms with Crippen LogP contribution in [-0.2, 0) is 9.53 Å². The molecule has 29 heavy (non-hydrogen) atoms. The van der Waals surface area contributed by atoms with Gasteiger partial charge in [0.25, 0.3) is 5.91 Å². The SMILES string of the molecule is CCCCCCCCCCCCCCOC(=O)CCNC(=O)c1cccc(F)c1. The molecule has 164 valence electrons. The fourth-order valence-corrected chi connectivity index (χ4v) is 3.21. The molecule has 1 aromatic carbocycles. The molecule has 5 heteroatoms. The predicted molar refractivity (Wildman–Crippen MR) is 115 cm³/mol. The third-order valence-corrected chi connectivity index (χ3v) is 4.96. The summed E-state index contributed by atoms with van der Waals surface area (Å²) in [5, 5.41) is 2.60. The number of ether oxygens (including phenoxy) is 1. The van der Waals surface area contributed by atoms with Gasteiger partial charge >= 0.3 is 5.97 Å². The minimum absolute atomic E-state index is 0.124. The molecule has 0 bridgehead atoms. The second kappa shape index (κ2) is 17.0. The van der Waals surface area contributed by atoms with Gasteiger partial charge in [0.15, 0.2) is 0 Å². The minimum atomic E-state index is -0.459. The lowest BCUT2D eigenvalue weighted by Crippen LogP contribution is -2.26. The standard InChI is InChI=1S/C24H38FNO3/c1-2-3-4-5-6-7-8-9-10-11-12-13-19-29-23(27)17-18-26-24(28)21-15-14-16-22(25)20-21/h14-16,20H,2-13,17-19H2,1H3,(H,26,28). The molecule has 0 spiro atoms. The van der Waals surface area contributed by atoms with Gasteiger partial charge in [0.05, 0.1) is 13.0 Å². The summed E-state index contributed by atoms with van der Waals surface area (Å²) in [5.41, 5.74) is 0.245. The van der Waals surface area contributed by atoms with Crippen molar-refractivity contribution in [1.29, 1.82) is 0 Å². The maximum Gasteiger partial charge on any atom is 0.307 e. The summed E-state index contributed by atoms with van der Waals surface area (Å²) in [4.78, 5) is 23.5. The van der Waals surface area contributed by atoms with Crippen LogP contribution in [0.25, 0.3) is 0 Å². The van der Waals surface area contributed by atoms with Crippen LogP contribution in [0.5, 0.6) is 0 Å². The lowest BCUT2D eigenvalue weighted by molar-refractivity contribution is -0.143. The largest absolute Gasteiger partial charge is 0.466 e. The van der Waals surface area contributed by atoms with E-state index in [1.54, 1.807) is 0 Å². The van der Waals surface area contributed by atoms with Crippen molar-refractivity contribution in [3.8, 4) is 0 Å². The first-order valence-corrected chi connectivity index (χ1v) is 11.3. The van der Waals surface area contributed by atoms with E-state index in [1.165, 1.54) is 88.5 Å². The lowest BCUT2D eigenvalue weighted by Gasteiger charge is -2.07. The second-order valence-electron chi connectivity index (χ2n) is 7.63. The molecule has 1 N–H and O–H groups in total. The first-order chi connectivity index (χ1) is 14.1. The Kier molecular flexibility index (Phi) is 14.7. The predicted octanol–water partition coefficient (Wildman–Crippen LogP) is 6.19. The van der Waals surface area contributed by atoms with E-state index in [9.17, 15) is 14.0 Å². The van der Waals surface area contributed by atoms with Crippen molar-refractivity contribution < 1.29 is 18.7 Å². The van der Waals surface area contributed by atoms with Gasteiger partial charge in [-0.1, -0.05) is 83.6 Å². The molecule has 0 unspecified atom stereocenters. The number of amides is 1. The zero-order valence-electron chi connectivity index (χ0n) is 18.0. The average molecular weight is 408 g/mol. The molecule has 0 heterocycles. The zero-order valence-corrected chi connectivity index (χ0v) is 18.0. The Labute approximate surface area is 175 Å². The summed E-state index contributed by atoms with van der Waals surface area (Å²) in [6.07, 6.45) is 15.4. The highest BCUT2D eigenvalue weighted by Crippen LogP contribution is 2.12. The number of unbranched alkanes of at least 4 members (excludes halogenated alkanes) is 11. The van der Waals surface area contributed by atoms with E-state index in [2.05, 4.69) is 12.2 Å². The van der Waals surface area contributed by atoms with Crippen LogP contribution in [0.15, 0.2) is 24.3 Å². The number of rotatable bonds is 17. The number of halogens is 1. The summed E-state index contributed by atoms with van der Waals surface area (Å²) < 4.78 is 18.3. The van der Waals surface area contributed by atoms with Crippen LogP contribution >= 0.6 is 0 Å². The number of carbonyl (C=O) groups excluding carboxylic acids is 2. The van der Waals surface area contributed by atoms with E-state index >= 15 is 0 Å². The average Bonchev–Trinajstić information content (AvgIpc) is 2.71. The van der Waals surface area contributed by atoms with Gasteiger partial charge in [-0.3, -0.25) is 9.59 Å². The number of carbonyl (C=O) groups is 2. The molecule has 0 radical (unpaired) electrons. The Balaban J connectivity index is 1.89. The molecule has 4 nitrogen and oxygen atoms in total. The topological polar surface area (TPSA) is 55.4 Å². The van der Waals surface area contributed by atoms with Crippen molar-refractivity contribution in [2.24, 2.45) is 0 Å². The van der Waals surface area contributed by atoms with Gasteiger partial charge in [-0.2, -0.15) is 0 Å². The molecular formula is C24H38FNO3. The Morgan fingerprint density at radius 3 is 2.07 bits per heavy atom. The van der Waals surface area contributed by atoms with Crippen molar-refractivity contribution in [3.63, 3.8) is 0 Å². The number of benzene rings is 1. The summed E-state index contributed by atoms with van der Waals surface area (Å²) in [6, 6.07) is 5.46. The monoisotopic (exact) mass is 407 g/mol. The minimum Gasteiger partial charge on any atom is -0.466 e. The fraction of sp³-hybridized carbons (Fsp3) is 0.667. The Hall–Kier alpha value is -1.91. The first kappa shape index (κ1) is 25.1. The van der Waals surface area contributed by atoms with Gasteiger partial charge in [-0.15, -0.1) is 0 Å². The van der Waals surface area contributed by atoms with Crippen LogP contribution in [0.4, 0.5) is 4.39 Å². The van der Waals surface area contributed by atoms with Gasteiger partial charge in [0.1, 0.15) is 5.82 Å². The molecule has 0 saturated carbocycles. The number of hydrogen-bond acceptors (Lipinski definition) is 3. The molecule has 0 aliphatic heterocycles. The van der Waals surface area contributed by atoms with Crippen molar-refractivity contribution >= 4 is 11.9 Å². The highest BCUT2D eigenvalue weighted by Gasteiger charge is 2.08. The molecule has 0 aliphatic carbocycles. The third-order valence-electron chi connectivity index (χ3n) is 4.96. The third kappa shape index (κ3) is 13.8. The molecule has 0 saturated heterocycles. The number of nitrogens with one attached hydrogen (secondary N) is 1. The zero-order chi connectivity index (χ0) is 21.2. The van der Waals surface area contributed by atoms with E-state index < -0.39 is 11.7 Å². The molecular weight excluding hydrogens is 369 g/mol. The van der Waals surface area contributed by atoms with Gasteiger partial charge in [0.2, 0.25) is 0 Å². The van der Waals surface area contributed by atoms with Gasteiger partial charge in [0, 0.05) is 12.1 Å². The van der Waals surface area contributed by atoms with Crippen molar-refractivity contribution in [2.75, 3.05) is 13.2 Å². The van der Waals surface area contributed by atoms with Crippen molar-refractivity contribution in [3.05, 3.63) is 35.6 Å². The second-order valence-corrected chi connectivity index (χ2v) is 7.63. The van der Waals surface area contributed by atoms with Gasteiger partial charge < -0.3 is 10.1 Å². The highest BCUT2D eigenvalue weighted by molar-refractivity contribution is 5.94. The van der Waals surface area contributed by atoms with Crippen molar-refractivity contribution in [2.45, 2.75) is 90.4 Å². The van der Waals surface area contributed by atoms with Crippen molar-refractivity contribution in [1.82, 2.24) is 5.32 Å². The summed E-state index contributed by atoms with van der Waals surface area (Å²) in [7, 11) is 0. The smallest absolute Gasteiger partial charge is 0.307 e. The van der Waals surface area contributed by atoms with E-state index in [0.29, 0.717) is 6.61 Å². The first-order valence-electron chi connectivity index (χ1n) is 11.3. The molecule has 0 aliphatic rings. The summed E-state index contributed by atoms with van der Waals surface area (Å²) in [5.74, 6) is -1.16.